The molecule has 6 heteroatoms. The van der Waals surface area contributed by atoms with Gasteiger partial charge in [-0.05, 0) is 35.4 Å². The molecule has 32 heavy (non-hydrogen) atoms. The smallest absolute Gasteiger partial charge is 0.123 e. The summed E-state index contributed by atoms with van der Waals surface area (Å²) in [5.74, 6) is 1.90. The van der Waals surface area contributed by atoms with Crippen LogP contribution in [-0.2, 0) is 13.1 Å². The van der Waals surface area contributed by atoms with Gasteiger partial charge in [0.2, 0.25) is 0 Å². The second-order valence-corrected chi connectivity index (χ2v) is 8.54. The van der Waals surface area contributed by atoms with E-state index in [1.165, 1.54) is 16.7 Å². The zero-order valence-corrected chi connectivity index (χ0v) is 19.1. The number of aliphatic hydroxyl groups is 1. The van der Waals surface area contributed by atoms with E-state index in [1.807, 2.05) is 12.1 Å². The predicted octanol–water partition coefficient (Wildman–Crippen LogP) is 2.71. The molecule has 2 aromatic carbocycles. The van der Waals surface area contributed by atoms with Gasteiger partial charge in [0, 0.05) is 64.5 Å². The lowest BCUT2D eigenvalue weighted by atomic mass is 10.1. The van der Waals surface area contributed by atoms with Gasteiger partial charge in [-0.3, -0.25) is 14.7 Å². The summed E-state index contributed by atoms with van der Waals surface area (Å²) in [5.41, 5.74) is 3.80. The molecule has 0 spiro atoms. The zero-order valence-electron chi connectivity index (χ0n) is 19.1. The molecule has 2 aromatic rings. The third kappa shape index (κ3) is 6.33. The fourth-order valence-corrected chi connectivity index (χ4v) is 4.38. The van der Waals surface area contributed by atoms with Gasteiger partial charge in [0.25, 0.3) is 0 Å². The van der Waals surface area contributed by atoms with Crippen molar-refractivity contribution in [3.63, 3.8) is 0 Å². The van der Waals surface area contributed by atoms with Gasteiger partial charge in [0.05, 0.1) is 13.7 Å². The molecule has 6 nitrogen and oxygen atoms in total. The molecular weight excluding hydrogens is 402 g/mol. The van der Waals surface area contributed by atoms with Crippen molar-refractivity contribution in [2.45, 2.75) is 13.1 Å². The molecule has 0 atom stereocenters. The van der Waals surface area contributed by atoms with E-state index in [0.29, 0.717) is 0 Å². The Kier molecular flexibility index (Phi) is 8.18. The number of hydrogen-bond donors (Lipinski definition) is 1. The Morgan fingerprint density at radius 3 is 2.50 bits per heavy atom. The second kappa shape index (κ2) is 11.5. The van der Waals surface area contributed by atoms with Gasteiger partial charge in [-0.1, -0.05) is 30.4 Å². The van der Waals surface area contributed by atoms with E-state index in [2.05, 4.69) is 57.2 Å². The maximum Gasteiger partial charge on any atom is 0.123 e. The number of nitrogens with zero attached hydrogens (tertiary/aromatic N) is 3. The summed E-state index contributed by atoms with van der Waals surface area (Å²) in [6.07, 6.45) is 4.39. The largest absolute Gasteiger partial charge is 0.497 e. The molecule has 0 aromatic heterocycles. The molecule has 2 heterocycles. The number of ether oxygens (including phenoxy) is 2. The molecular formula is C26H35N3O3. The van der Waals surface area contributed by atoms with Crippen molar-refractivity contribution in [3.05, 3.63) is 65.2 Å². The van der Waals surface area contributed by atoms with Gasteiger partial charge in [0.1, 0.15) is 18.1 Å². The number of aliphatic hydroxyl groups excluding tert-OH is 1. The number of β-amino-alcohol motifs (C(OH)–C–C–N with tert-alkyl or cyclic N) is 1. The topological polar surface area (TPSA) is 48.4 Å². The van der Waals surface area contributed by atoms with Gasteiger partial charge >= 0.3 is 0 Å². The number of piperazine rings is 1. The highest BCUT2D eigenvalue weighted by Gasteiger charge is 2.18. The minimum Gasteiger partial charge on any atom is -0.497 e. The highest BCUT2D eigenvalue weighted by Crippen LogP contribution is 2.25. The fraction of sp³-hybridized carbons (Fsp3) is 0.462. The van der Waals surface area contributed by atoms with E-state index in [-0.39, 0.29) is 6.61 Å². The monoisotopic (exact) mass is 437 g/mol. The van der Waals surface area contributed by atoms with Crippen LogP contribution in [0.4, 0.5) is 0 Å². The first-order valence-electron chi connectivity index (χ1n) is 11.6. The lowest BCUT2D eigenvalue weighted by molar-refractivity contribution is 0.108. The van der Waals surface area contributed by atoms with E-state index in [9.17, 15) is 0 Å². The summed E-state index contributed by atoms with van der Waals surface area (Å²) in [6, 6.07) is 14.8. The van der Waals surface area contributed by atoms with Crippen molar-refractivity contribution in [3.8, 4) is 11.5 Å². The molecule has 0 amide bonds. The summed E-state index contributed by atoms with van der Waals surface area (Å²) in [4.78, 5) is 7.27. The second-order valence-electron chi connectivity index (χ2n) is 8.54. The van der Waals surface area contributed by atoms with Crippen molar-refractivity contribution in [1.29, 1.82) is 0 Å². The number of hydrogen-bond acceptors (Lipinski definition) is 6. The molecule has 0 saturated carbocycles. The number of methoxy groups -OCH3 is 1. The lowest BCUT2D eigenvalue weighted by Gasteiger charge is -2.34. The molecule has 4 rings (SSSR count). The third-order valence-electron chi connectivity index (χ3n) is 6.26. The van der Waals surface area contributed by atoms with Crippen LogP contribution in [0.15, 0.2) is 48.5 Å². The minimum atomic E-state index is 0.247. The first-order valence-corrected chi connectivity index (χ1v) is 11.6. The molecule has 0 bridgehead atoms. The molecule has 2 aliphatic rings. The maximum atomic E-state index is 9.13. The van der Waals surface area contributed by atoms with E-state index < -0.39 is 0 Å². The van der Waals surface area contributed by atoms with E-state index in [1.54, 1.807) is 7.11 Å². The molecule has 1 fully saturated rings. The SMILES string of the molecule is COc1ccc(/C=C/CN2CCOc3ccc(CN4CCN(CCO)CC4)cc3C2)cc1. The third-order valence-corrected chi connectivity index (χ3v) is 6.26. The standard InChI is InChI=1S/C26H35N3O3/c1-31-25-7-4-22(5-8-25)3-2-10-28-16-18-32-26-9-6-23(19-24(26)21-28)20-29-13-11-27(12-14-29)15-17-30/h2-9,19,30H,10-18,20-21H2,1H3/b3-2+. The highest BCUT2D eigenvalue weighted by atomic mass is 16.5. The minimum absolute atomic E-state index is 0.247. The number of benzene rings is 2. The summed E-state index contributed by atoms with van der Waals surface area (Å²) in [7, 11) is 1.69. The van der Waals surface area contributed by atoms with Crippen molar-refractivity contribution < 1.29 is 14.6 Å². The van der Waals surface area contributed by atoms with Gasteiger partial charge < -0.3 is 14.6 Å². The van der Waals surface area contributed by atoms with Crippen LogP contribution in [0.5, 0.6) is 11.5 Å². The molecule has 172 valence electrons. The molecule has 1 N–H and O–H groups in total. The molecule has 0 aliphatic carbocycles. The van der Waals surface area contributed by atoms with Crippen LogP contribution in [-0.4, -0.2) is 85.9 Å². The average Bonchev–Trinajstić information content (AvgIpc) is 3.02. The van der Waals surface area contributed by atoms with Crippen LogP contribution >= 0.6 is 0 Å². The highest BCUT2D eigenvalue weighted by molar-refractivity contribution is 5.50. The van der Waals surface area contributed by atoms with Crippen LogP contribution < -0.4 is 9.47 Å². The predicted molar refractivity (Wildman–Crippen MR) is 128 cm³/mol. The zero-order chi connectivity index (χ0) is 22.2. The van der Waals surface area contributed by atoms with Gasteiger partial charge in [-0.2, -0.15) is 0 Å². The van der Waals surface area contributed by atoms with Crippen LogP contribution in [0.25, 0.3) is 6.08 Å². The van der Waals surface area contributed by atoms with Crippen molar-refractivity contribution in [2.75, 3.05) is 66.1 Å². The summed E-state index contributed by atoms with van der Waals surface area (Å²) < 4.78 is 11.3. The Balaban J connectivity index is 1.33. The van der Waals surface area contributed by atoms with Gasteiger partial charge in [0.15, 0.2) is 0 Å². The Morgan fingerprint density at radius 1 is 0.969 bits per heavy atom. The van der Waals surface area contributed by atoms with E-state index >= 15 is 0 Å². The Bertz CT molecular complexity index is 876. The van der Waals surface area contributed by atoms with Crippen LogP contribution in [0.2, 0.25) is 0 Å². The Morgan fingerprint density at radius 2 is 1.75 bits per heavy atom. The van der Waals surface area contributed by atoms with Crippen LogP contribution in [0.1, 0.15) is 16.7 Å². The lowest BCUT2D eigenvalue weighted by Crippen LogP contribution is -2.46. The Hall–Kier alpha value is -2.38. The number of rotatable bonds is 8. The molecule has 2 aliphatic heterocycles. The van der Waals surface area contributed by atoms with E-state index in [0.717, 1.165) is 77.0 Å². The molecule has 1 saturated heterocycles. The van der Waals surface area contributed by atoms with Crippen LogP contribution in [0, 0.1) is 0 Å². The first-order chi connectivity index (χ1) is 15.7. The summed E-state index contributed by atoms with van der Waals surface area (Å²) >= 11 is 0. The van der Waals surface area contributed by atoms with Crippen molar-refractivity contribution in [2.24, 2.45) is 0 Å². The van der Waals surface area contributed by atoms with Crippen molar-refractivity contribution >= 4 is 6.08 Å². The van der Waals surface area contributed by atoms with Crippen molar-refractivity contribution in [1.82, 2.24) is 14.7 Å². The molecule has 0 radical (unpaired) electrons. The van der Waals surface area contributed by atoms with Gasteiger partial charge in [-0.15, -0.1) is 0 Å². The first kappa shape index (κ1) is 22.8. The normalized spacial score (nSPS) is 18.3. The summed E-state index contributed by atoms with van der Waals surface area (Å²) in [6.45, 7) is 9.60. The Labute approximate surface area is 191 Å². The van der Waals surface area contributed by atoms with E-state index in [4.69, 9.17) is 14.6 Å². The average molecular weight is 438 g/mol. The quantitative estimate of drug-likeness (QED) is 0.685. The summed E-state index contributed by atoms with van der Waals surface area (Å²) in [5, 5.41) is 9.13. The number of fused-ring (bicyclic) bond motifs is 1. The van der Waals surface area contributed by atoms with Gasteiger partial charge in [-0.25, -0.2) is 0 Å². The van der Waals surface area contributed by atoms with Crippen LogP contribution in [0.3, 0.4) is 0 Å². The fourth-order valence-electron chi connectivity index (χ4n) is 4.38. The molecule has 0 unspecified atom stereocenters. The maximum absolute atomic E-state index is 9.13.